The molecule has 0 aromatic heterocycles. The molecule has 2 aliphatic carbocycles. The zero-order valence-corrected chi connectivity index (χ0v) is 12.6. The van der Waals surface area contributed by atoms with Crippen LogP contribution in [-0.2, 0) is 4.74 Å². The van der Waals surface area contributed by atoms with Crippen molar-refractivity contribution >= 4 is 0 Å². The van der Waals surface area contributed by atoms with Crippen LogP contribution < -0.4 is 5.32 Å². The molecule has 1 heterocycles. The Morgan fingerprint density at radius 2 is 1.89 bits per heavy atom. The average molecular weight is 265 g/mol. The van der Waals surface area contributed by atoms with Crippen molar-refractivity contribution in [2.75, 3.05) is 19.8 Å². The number of fused-ring (bicyclic) bond motifs is 2. The van der Waals surface area contributed by atoms with Crippen LogP contribution in [0.1, 0.15) is 58.3 Å². The highest BCUT2D eigenvalue weighted by atomic mass is 16.5. The van der Waals surface area contributed by atoms with Gasteiger partial charge in [0.1, 0.15) is 0 Å². The molecule has 1 aliphatic heterocycles. The number of rotatable bonds is 6. The zero-order chi connectivity index (χ0) is 13.1. The Morgan fingerprint density at radius 3 is 2.53 bits per heavy atom. The first kappa shape index (κ1) is 13.9. The Kier molecular flexibility index (Phi) is 4.81. The van der Waals surface area contributed by atoms with Gasteiger partial charge < -0.3 is 10.1 Å². The van der Waals surface area contributed by atoms with E-state index < -0.39 is 0 Å². The van der Waals surface area contributed by atoms with Gasteiger partial charge in [-0.15, -0.1) is 0 Å². The molecule has 0 aromatic carbocycles. The molecule has 110 valence electrons. The van der Waals surface area contributed by atoms with Crippen LogP contribution >= 0.6 is 0 Å². The van der Waals surface area contributed by atoms with Gasteiger partial charge in [0, 0.05) is 19.3 Å². The molecule has 0 amide bonds. The van der Waals surface area contributed by atoms with E-state index in [0.29, 0.717) is 0 Å². The zero-order valence-electron chi connectivity index (χ0n) is 12.6. The molecule has 0 aromatic rings. The van der Waals surface area contributed by atoms with E-state index in [9.17, 15) is 0 Å². The average Bonchev–Trinajstić information content (AvgIpc) is 3.02. The molecule has 2 saturated carbocycles. The fourth-order valence-corrected chi connectivity index (χ4v) is 4.97. The molecule has 3 fully saturated rings. The Bertz CT molecular complexity index is 274. The van der Waals surface area contributed by atoms with Gasteiger partial charge in [-0.25, -0.2) is 0 Å². The van der Waals surface area contributed by atoms with E-state index in [0.717, 1.165) is 49.5 Å². The number of nitrogens with one attached hydrogen (secondary N) is 1. The van der Waals surface area contributed by atoms with Crippen LogP contribution in [0.5, 0.6) is 0 Å². The summed E-state index contributed by atoms with van der Waals surface area (Å²) in [5, 5.41) is 3.78. The maximum absolute atomic E-state index is 5.49. The second-order valence-corrected chi connectivity index (χ2v) is 7.22. The number of ether oxygens (including phenoxy) is 1. The molecular formula is C17H31NO. The normalized spacial score (nSPS) is 36.8. The van der Waals surface area contributed by atoms with Crippen molar-refractivity contribution in [1.29, 1.82) is 0 Å². The lowest BCUT2D eigenvalue weighted by Gasteiger charge is -2.31. The summed E-state index contributed by atoms with van der Waals surface area (Å²) in [7, 11) is 0. The summed E-state index contributed by atoms with van der Waals surface area (Å²) in [5.41, 5.74) is 0. The highest BCUT2D eigenvalue weighted by Crippen LogP contribution is 2.50. The summed E-state index contributed by atoms with van der Waals surface area (Å²) in [6.07, 6.45) is 11.6. The lowest BCUT2D eigenvalue weighted by molar-refractivity contribution is 0.0590. The second kappa shape index (κ2) is 6.58. The third-order valence-electron chi connectivity index (χ3n) is 5.92. The minimum Gasteiger partial charge on any atom is -0.381 e. The van der Waals surface area contributed by atoms with Gasteiger partial charge in [-0.2, -0.15) is 0 Å². The first-order chi connectivity index (χ1) is 9.35. The SMILES string of the molecule is CCNC(CC1CCOCC1)CC1CC2CCC1C2. The largest absolute Gasteiger partial charge is 0.381 e. The summed E-state index contributed by atoms with van der Waals surface area (Å²) < 4.78 is 5.49. The van der Waals surface area contributed by atoms with E-state index in [1.54, 1.807) is 12.8 Å². The van der Waals surface area contributed by atoms with Crippen molar-refractivity contribution in [1.82, 2.24) is 5.32 Å². The van der Waals surface area contributed by atoms with E-state index in [1.165, 1.54) is 38.5 Å². The van der Waals surface area contributed by atoms with Crippen LogP contribution in [0.2, 0.25) is 0 Å². The summed E-state index contributed by atoms with van der Waals surface area (Å²) in [4.78, 5) is 0. The molecule has 3 rings (SSSR count). The molecule has 2 bridgehead atoms. The Morgan fingerprint density at radius 1 is 1.05 bits per heavy atom. The monoisotopic (exact) mass is 265 g/mol. The van der Waals surface area contributed by atoms with E-state index in [1.807, 2.05) is 0 Å². The van der Waals surface area contributed by atoms with E-state index in [4.69, 9.17) is 4.74 Å². The van der Waals surface area contributed by atoms with Crippen LogP contribution in [0.25, 0.3) is 0 Å². The van der Waals surface area contributed by atoms with Gasteiger partial charge in [-0.05, 0) is 75.2 Å². The predicted octanol–water partition coefficient (Wildman–Crippen LogP) is 3.61. The summed E-state index contributed by atoms with van der Waals surface area (Å²) in [6.45, 7) is 5.39. The smallest absolute Gasteiger partial charge is 0.0468 e. The van der Waals surface area contributed by atoms with Crippen molar-refractivity contribution in [3.63, 3.8) is 0 Å². The van der Waals surface area contributed by atoms with E-state index in [2.05, 4.69) is 12.2 Å². The van der Waals surface area contributed by atoms with Gasteiger partial charge in [0.15, 0.2) is 0 Å². The van der Waals surface area contributed by atoms with E-state index >= 15 is 0 Å². The minimum atomic E-state index is 0.775. The van der Waals surface area contributed by atoms with Crippen molar-refractivity contribution in [2.24, 2.45) is 23.7 Å². The van der Waals surface area contributed by atoms with Crippen LogP contribution in [0.15, 0.2) is 0 Å². The van der Waals surface area contributed by atoms with Crippen molar-refractivity contribution < 1.29 is 4.74 Å². The molecule has 3 aliphatic rings. The first-order valence-corrected chi connectivity index (χ1v) is 8.66. The Balaban J connectivity index is 1.49. The fourth-order valence-electron chi connectivity index (χ4n) is 4.97. The van der Waals surface area contributed by atoms with Gasteiger partial charge in [-0.1, -0.05) is 13.3 Å². The minimum absolute atomic E-state index is 0.775. The topological polar surface area (TPSA) is 21.3 Å². The molecule has 4 atom stereocenters. The molecule has 0 radical (unpaired) electrons. The van der Waals surface area contributed by atoms with Gasteiger partial charge >= 0.3 is 0 Å². The molecule has 2 heteroatoms. The molecule has 2 nitrogen and oxygen atoms in total. The Hall–Kier alpha value is -0.0800. The molecule has 0 spiro atoms. The molecule has 1 N–H and O–H groups in total. The van der Waals surface area contributed by atoms with E-state index in [-0.39, 0.29) is 0 Å². The second-order valence-electron chi connectivity index (χ2n) is 7.22. The predicted molar refractivity (Wildman–Crippen MR) is 79.2 cm³/mol. The third kappa shape index (κ3) is 3.52. The summed E-state index contributed by atoms with van der Waals surface area (Å²) in [6, 6.07) is 0.775. The Labute approximate surface area is 118 Å². The third-order valence-corrected chi connectivity index (χ3v) is 5.92. The number of hydrogen-bond acceptors (Lipinski definition) is 2. The van der Waals surface area contributed by atoms with Gasteiger partial charge in [0.25, 0.3) is 0 Å². The number of hydrogen-bond donors (Lipinski definition) is 1. The lowest BCUT2D eigenvalue weighted by Crippen LogP contribution is -2.35. The van der Waals surface area contributed by atoms with Gasteiger partial charge in [0.05, 0.1) is 0 Å². The fraction of sp³-hybridized carbons (Fsp3) is 1.00. The molecular weight excluding hydrogens is 234 g/mol. The van der Waals surface area contributed by atoms with Crippen LogP contribution in [0, 0.1) is 23.7 Å². The molecule has 4 unspecified atom stereocenters. The maximum atomic E-state index is 5.49. The van der Waals surface area contributed by atoms with Gasteiger partial charge in [-0.3, -0.25) is 0 Å². The molecule has 1 saturated heterocycles. The highest BCUT2D eigenvalue weighted by Gasteiger charge is 2.40. The summed E-state index contributed by atoms with van der Waals surface area (Å²) in [5.74, 6) is 4.14. The van der Waals surface area contributed by atoms with Gasteiger partial charge in [0.2, 0.25) is 0 Å². The lowest BCUT2D eigenvalue weighted by atomic mass is 9.81. The van der Waals surface area contributed by atoms with Crippen molar-refractivity contribution in [2.45, 2.75) is 64.3 Å². The molecule has 19 heavy (non-hydrogen) atoms. The van der Waals surface area contributed by atoms with Crippen molar-refractivity contribution in [3.8, 4) is 0 Å². The van der Waals surface area contributed by atoms with Crippen molar-refractivity contribution in [3.05, 3.63) is 0 Å². The van der Waals surface area contributed by atoms with Crippen LogP contribution in [0.3, 0.4) is 0 Å². The first-order valence-electron chi connectivity index (χ1n) is 8.66. The van der Waals surface area contributed by atoms with Crippen LogP contribution in [-0.4, -0.2) is 25.8 Å². The standard InChI is InChI=1S/C17H31NO/c1-2-18-17(11-13-5-7-19-8-6-13)12-16-10-14-3-4-15(16)9-14/h13-18H,2-12H2,1H3. The maximum Gasteiger partial charge on any atom is 0.0468 e. The quantitative estimate of drug-likeness (QED) is 0.792. The van der Waals surface area contributed by atoms with Crippen LogP contribution in [0.4, 0.5) is 0 Å². The highest BCUT2D eigenvalue weighted by molar-refractivity contribution is 4.92. The summed E-state index contributed by atoms with van der Waals surface area (Å²) >= 11 is 0.